The van der Waals surface area contributed by atoms with Crippen LogP contribution in [0.2, 0.25) is 0 Å². The molecule has 3 rings (SSSR count). The lowest BCUT2D eigenvalue weighted by Gasteiger charge is -2.19. The van der Waals surface area contributed by atoms with Gasteiger partial charge in [-0.2, -0.15) is 4.98 Å². The fourth-order valence-corrected chi connectivity index (χ4v) is 3.51. The number of aromatic nitrogens is 4. The molecule has 0 radical (unpaired) electrons. The molecule has 0 aliphatic heterocycles. The highest BCUT2D eigenvalue weighted by Gasteiger charge is 2.25. The van der Waals surface area contributed by atoms with Gasteiger partial charge in [-0.1, -0.05) is 42.1 Å². The minimum Gasteiger partial charge on any atom is -0.348 e. The minimum atomic E-state index is -0.389. The zero-order chi connectivity index (χ0) is 17.3. The SMILES string of the molecule is Cc1cc(C)n2nc(S[C@H](C(=O)N(C)C)c3ccccc3)nc2n1. The number of aryl methyl sites for hydroxylation is 2. The second-order valence-electron chi connectivity index (χ2n) is 5.79. The largest absolute Gasteiger partial charge is 0.348 e. The van der Waals surface area contributed by atoms with Crippen LogP contribution in [0.5, 0.6) is 0 Å². The van der Waals surface area contributed by atoms with Crippen molar-refractivity contribution in [2.75, 3.05) is 14.1 Å². The van der Waals surface area contributed by atoms with Crippen molar-refractivity contribution in [3.63, 3.8) is 0 Å². The van der Waals surface area contributed by atoms with E-state index >= 15 is 0 Å². The van der Waals surface area contributed by atoms with Gasteiger partial charge < -0.3 is 4.90 Å². The number of nitrogens with zero attached hydrogens (tertiary/aromatic N) is 5. The zero-order valence-electron chi connectivity index (χ0n) is 14.1. The maximum Gasteiger partial charge on any atom is 0.253 e. The van der Waals surface area contributed by atoms with Gasteiger partial charge in [0.15, 0.2) is 0 Å². The van der Waals surface area contributed by atoms with Gasteiger partial charge in [-0.3, -0.25) is 4.79 Å². The van der Waals surface area contributed by atoms with Crippen LogP contribution >= 0.6 is 11.8 Å². The molecular formula is C17H19N5OS. The van der Waals surface area contributed by atoms with Crippen molar-refractivity contribution < 1.29 is 4.79 Å². The standard InChI is InChI=1S/C17H19N5OS/c1-11-10-12(2)22-16(18-11)19-17(20-22)24-14(15(23)21(3)4)13-8-6-5-7-9-13/h5-10,14H,1-4H3/t14-/m0/s1. The minimum absolute atomic E-state index is 0.00548. The van der Waals surface area contributed by atoms with Gasteiger partial charge in [-0.05, 0) is 25.5 Å². The Morgan fingerprint density at radius 3 is 2.54 bits per heavy atom. The molecule has 3 aromatic rings. The van der Waals surface area contributed by atoms with E-state index in [-0.39, 0.29) is 11.2 Å². The Morgan fingerprint density at radius 2 is 1.88 bits per heavy atom. The number of likely N-dealkylation sites (N-methyl/N-ethyl adjacent to an activating group) is 1. The molecule has 0 aliphatic carbocycles. The molecule has 0 fully saturated rings. The van der Waals surface area contributed by atoms with Crippen LogP contribution in [-0.4, -0.2) is 44.5 Å². The average Bonchev–Trinajstić information content (AvgIpc) is 2.95. The Balaban J connectivity index is 1.98. The fourth-order valence-electron chi connectivity index (χ4n) is 2.43. The van der Waals surface area contributed by atoms with Crippen molar-refractivity contribution >= 4 is 23.4 Å². The number of carbonyl (C=O) groups is 1. The molecule has 2 aromatic heterocycles. The summed E-state index contributed by atoms with van der Waals surface area (Å²) in [5.74, 6) is 0.560. The maximum atomic E-state index is 12.6. The molecule has 0 aliphatic rings. The first-order chi connectivity index (χ1) is 11.5. The predicted molar refractivity (Wildman–Crippen MR) is 94.0 cm³/mol. The van der Waals surface area contributed by atoms with Gasteiger partial charge in [-0.15, -0.1) is 5.10 Å². The lowest BCUT2D eigenvalue weighted by atomic mass is 10.1. The van der Waals surface area contributed by atoms with E-state index in [4.69, 9.17) is 0 Å². The van der Waals surface area contributed by atoms with Gasteiger partial charge in [0, 0.05) is 25.5 Å². The van der Waals surface area contributed by atoms with Crippen molar-refractivity contribution in [3.8, 4) is 0 Å². The van der Waals surface area contributed by atoms with Crippen LogP contribution in [0, 0.1) is 13.8 Å². The summed E-state index contributed by atoms with van der Waals surface area (Å²) in [5.41, 5.74) is 2.79. The van der Waals surface area contributed by atoms with Crippen LogP contribution in [0.3, 0.4) is 0 Å². The van der Waals surface area contributed by atoms with Crippen LogP contribution in [0.15, 0.2) is 41.6 Å². The number of rotatable bonds is 4. The topological polar surface area (TPSA) is 63.4 Å². The van der Waals surface area contributed by atoms with Crippen LogP contribution in [0.1, 0.15) is 22.2 Å². The Hall–Kier alpha value is -2.41. The smallest absolute Gasteiger partial charge is 0.253 e. The second kappa shape index (κ2) is 6.60. The molecule has 6 nitrogen and oxygen atoms in total. The van der Waals surface area contributed by atoms with E-state index in [1.165, 1.54) is 11.8 Å². The Morgan fingerprint density at radius 1 is 1.17 bits per heavy atom. The third-order valence-corrected chi connectivity index (χ3v) is 4.68. The molecule has 0 spiro atoms. The molecule has 0 saturated carbocycles. The summed E-state index contributed by atoms with van der Waals surface area (Å²) in [6, 6.07) is 11.6. The zero-order valence-corrected chi connectivity index (χ0v) is 14.9. The summed E-state index contributed by atoms with van der Waals surface area (Å²) in [7, 11) is 3.51. The highest BCUT2D eigenvalue weighted by atomic mass is 32.2. The van der Waals surface area contributed by atoms with Crippen molar-refractivity contribution in [2.45, 2.75) is 24.3 Å². The summed E-state index contributed by atoms with van der Waals surface area (Å²) in [6.07, 6.45) is 0. The molecule has 7 heteroatoms. The molecule has 0 bridgehead atoms. The van der Waals surface area contributed by atoms with Gasteiger partial charge in [-0.25, -0.2) is 9.50 Å². The van der Waals surface area contributed by atoms with E-state index in [1.807, 2.05) is 50.2 Å². The molecule has 2 heterocycles. The monoisotopic (exact) mass is 341 g/mol. The predicted octanol–water partition coefficient (Wildman–Crippen LogP) is 2.66. The molecule has 1 atom stereocenters. The molecule has 0 unspecified atom stereocenters. The third kappa shape index (κ3) is 3.26. The number of hydrogen-bond donors (Lipinski definition) is 0. The summed E-state index contributed by atoms with van der Waals surface area (Å²) < 4.78 is 1.71. The molecular weight excluding hydrogens is 322 g/mol. The first kappa shape index (κ1) is 16.4. The Kier molecular flexibility index (Phi) is 4.53. The van der Waals surface area contributed by atoms with Crippen molar-refractivity contribution in [1.82, 2.24) is 24.5 Å². The molecule has 1 amide bonds. The molecule has 1 aromatic carbocycles. The van der Waals surface area contributed by atoms with E-state index in [9.17, 15) is 4.79 Å². The van der Waals surface area contributed by atoms with E-state index in [2.05, 4.69) is 15.1 Å². The molecule has 0 N–H and O–H groups in total. The van der Waals surface area contributed by atoms with Crippen LogP contribution in [0.4, 0.5) is 0 Å². The van der Waals surface area contributed by atoms with Gasteiger partial charge in [0.05, 0.1) is 0 Å². The quantitative estimate of drug-likeness (QED) is 0.683. The van der Waals surface area contributed by atoms with Gasteiger partial charge in [0.2, 0.25) is 11.1 Å². The van der Waals surface area contributed by atoms with E-state index in [1.54, 1.807) is 23.5 Å². The first-order valence-electron chi connectivity index (χ1n) is 7.59. The summed E-state index contributed by atoms with van der Waals surface area (Å²) in [5, 5.41) is 4.65. The van der Waals surface area contributed by atoms with Gasteiger partial charge in [0.1, 0.15) is 5.25 Å². The summed E-state index contributed by atoms with van der Waals surface area (Å²) in [6.45, 7) is 3.89. The Labute approximate surface area is 144 Å². The van der Waals surface area contributed by atoms with E-state index < -0.39 is 0 Å². The maximum absolute atomic E-state index is 12.6. The van der Waals surface area contributed by atoms with Crippen LogP contribution in [-0.2, 0) is 4.79 Å². The van der Waals surface area contributed by atoms with E-state index in [0.29, 0.717) is 10.9 Å². The second-order valence-corrected chi connectivity index (χ2v) is 6.86. The summed E-state index contributed by atoms with van der Waals surface area (Å²) in [4.78, 5) is 23.1. The fraction of sp³-hybridized carbons (Fsp3) is 0.294. The number of carbonyl (C=O) groups excluding carboxylic acids is 1. The van der Waals surface area contributed by atoms with Gasteiger partial charge in [0.25, 0.3) is 5.78 Å². The number of hydrogen-bond acceptors (Lipinski definition) is 5. The molecule has 0 saturated heterocycles. The number of benzene rings is 1. The lowest BCUT2D eigenvalue weighted by molar-refractivity contribution is -0.128. The highest BCUT2D eigenvalue weighted by molar-refractivity contribution is 8.00. The number of thioether (sulfide) groups is 1. The average molecular weight is 341 g/mol. The normalized spacial score (nSPS) is 12.3. The number of amides is 1. The lowest BCUT2D eigenvalue weighted by Crippen LogP contribution is -2.26. The highest BCUT2D eigenvalue weighted by Crippen LogP contribution is 2.34. The van der Waals surface area contributed by atoms with Crippen molar-refractivity contribution in [2.24, 2.45) is 0 Å². The Bertz CT molecular complexity index is 875. The van der Waals surface area contributed by atoms with Crippen LogP contribution in [0.25, 0.3) is 5.78 Å². The summed E-state index contributed by atoms with van der Waals surface area (Å²) >= 11 is 1.34. The number of fused-ring (bicyclic) bond motifs is 1. The van der Waals surface area contributed by atoms with E-state index in [0.717, 1.165) is 17.0 Å². The molecule has 124 valence electrons. The van der Waals surface area contributed by atoms with Crippen molar-refractivity contribution in [3.05, 3.63) is 53.3 Å². The first-order valence-corrected chi connectivity index (χ1v) is 8.47. The van der Waals surface area contributed by atoms with Gasteiger partial charge >= 0.3 is 0 Å². The molecule has 24 heavy (non-hydrogen) atoms. The van der Waals surface area contributed by atoms with Crippen LogP contribution < -0.4 is 0 Å². The third-order valence-electron chi connectivity index (χ3n) is 3.59. The van der Waals surface area contributed by atoms with Crippen molar-refractivity contribution in [1.29, 1.82) is 0 Å².